The summed E-state index contributed by atoms with van der Waals surface area (Å²) in [5, 5.41) is 1.88. The maximum atomic E-state index is 12.4. The van der Waals surface area contributed by atoms with Gasteiger partial charge in [-0.2, -0.15) is 0 Å². The number of carbonyl (C=O) groups excluding carboxylic acids is 1. The Labute approximate surface area is 146 Å². The summed E-state index contributed by atoms with van der Waals surface area (Å²) in [5.74, 6) is 0. The van der Waals surface area contributed by atoms with Crippen molar-refractivity contribution in [3.8, 4) is 11.1 Å². The first-order valence-corrected chi connectivity index (χ1v) is 8.96. The van der Waals surface area contributed by atoms with E-state index in [2.05, 4.69) is 23.2 Å². The van der Waals surface area contributed by atoms with Crippen LogP contribution in [0.1, 0.15) is 13.8 Å². The second kappa shape index (κ2) is 7.49. The third-order valence-corrected chi connectivity index (χ3v) is 4.84. The minimum atomic E-state index is 0.0433. The molecule has 24 heavy (non-hydrogen) atoms. The number of pyridine rings is 1. The van der Waals surface area contributed by atoms with Gasteiger partial charge in [0.2, 0.25) is 0 Å². The molecule has 0 radical (unpaired) electrons. The second-order valence-electron chi connectivity index (χ2n) is 5.43. The highest BCUT2D eigenvalue weighted by molar-refractivity contribution is 8.13. The van der Waals surface area contributed by atoms with Crippen LogP contribution in [0.15, 0.2) is 65.7 Å². The van der Waals surface area contributed by atoms with Crippen LogP contribution in [0.4, 0.5) is 4.79 Å². The van der Waals surface area contributed by atoms with Gasteiger partial charge >= 0.3 is 0 Å². The summed E-state index contributed by atoms with van der Waals surface area (Å²) in [5.41, 5.74) is 3.15. The molecule has 2 aromatic carbocycles. The van der Waals surface area contributed by atoms with Crippen molar-refractivity contribution in [2.75, 3.05) is 13.1 Å². The standard InChI is InChI=1S/C20H20N2OS/c1-3-22(4-2)20(23)24-19-14-17(15-10-6-5-7-11-15)16-12-8-9-13-18(16)21-19/h5-14H,3-4H2,1-2H3. The lowest BCUT2D eigenvalue weighted by Crippen LogP contribution is -2.26. The molecule has 1 amide bonds. The Balaban J connectivity index is 2.06. The normalized spacial score (nSPS) is 10.8. The van der Waals surface area contributed by atoms with E-state index in [1.54, 1.807) is 0 Å². The zero-order chi connectivity index (χ0) is 16.9. The van der Waals surface area contributed by atoms with Crippen molar-refractivity contribution in [3.05, 3.63) is 60.7 Å². The number of nitrogens with zero attached hydrogens (tertiary/aromatic N) is 2. The smallest absolute Gasteiger partial charge is 0.287 e. The topological polar surface area (TPSA) is 33.2 Å². The van der Waals surface area contributed by atoms with Crippen molar-refractivity contribution in [3.63, 3.8) is 0 Å². The largest absolute Gasteiger partial charge is 0.334 e. The van der Waals surface area contributed by atoms with E-state index in [-0.39, 0.29) is 5.24 Å². The van der Waals surface area contributed by atoms with Crippen LogP contribution in [-0.4, -0.2) is 28.2 Å². The average Bonchev–Trinajstić information content (AvgIpc) is 2.63. The van der Waals surface area contributed by atoms with E-state index in [1.807, 2.05) is 61.2 Å². The Kier molecular flexibility index (Phi) is 5.16. The number of amides is 1. The number of rotatable bonds is 4. The van der Waals surface area contributed by atoms with Gasteiger partial charge in [-0.05, 0) is 48.9 Å². The Hall–Kier alpha value is -2.33. The summed E-state index contributed by atoms with van der Waals surface area (Å²) in [6, 6.07) is 20.3. The molecule has 0 saturated carbocycles. The predicted octanol–water partition coefficient (Wildman–Crippen LogP) is 5.46. The molecule has 122 valence electrons. The highest BCUT2D eigenvalue weighted by atomic mass is 32.2. The first kappa shape index (κ1) is 16.5. The second-order valence-corrected chi connectivity index (χ2v) is 6.40. The van der Waals surface area contributed by atoms with Gasteiger partial charge in [0.15, 0.2) is 0 Å². The molecule has 0 aliphatic carbocycles. The molecule has 4 heteroatoms. The first-order valence-electron chi connectivity index (χ1n) is 8.15. The third-order valence-electron chi connectivity index (χ3n) is 3.99. The zero-order valence-electron chi connectivity index (χ0n) is 13.9. The molecule has 1 aromatic heterocycles. The van der Waals surface area contributed by atoms with Crippen molar-refractivity contribution < 1.29 is 4.79 Å². The summed E-state index contributed by atoms with van der Waals surface area (Å²) in [6.45, 7) is 5.40. The quantitative estimate of drug-likeness (QED) is 0.593. The number of hydrogen-bond acceptors (Lipinski definition) is 3. The van der Waals surface area contributed by atoms with Crippen LogP contribution >= 0.6 is 11.8 Å². The molecule has 0 aliphatic heterocycles. The van der Waals surface area contributed by atoms with Gasteiger partial charge in [-0.1, -0.05) is 48.5 Å². The van der Waals surface area contributed by atoms with Crippen molar-refractivity contribution in [2.45, 2.75) is 18.9 Å². The van der Waals surface area contributed by atoms with Gasteiger partial charge in [-0.3, -0.25) is 4.79 Å². The number of hydrogen-bond donors (Lipinski definition) is 0. The van der Waals surface area contributed by atoms with Crippen molar-refractivity contribution >= 4 is 27.9 Å². The summed E-state index contributed by atoms with van der Waals surface area (Å²) in [4.78, 5) is 18.9. The lowest BCUT2D eigenvalue weighted by molar-refractivity contribution is 0.228. The molecule has 0 fully saturated rings. The number of fused-ring (bicyclic) bond motifs is 1. The van der Waals surface area contributed by atoms with Gasteiger partial charge in [0.1, 0.15) is 5.03 Å². The molecular weight excluding hydrogens is 316 g/mol. The molecule has 0 bridgehead atoms. The number of thioether (sulfide) groups is 1. The van der Waals surface area contributed by atoms with E-state index in [4.69, 9.17) is 0 Å². The Morgan fingerprint density at radius 2 is 1.67 bits per heavy atom. The zero-order valence-corrected chi connectivity index (χ0v) is 14.7. The first-order chi connectivity index (χ1) is 11.7. The fourth-order valence-corrected chi connectivity index (χ4v) is 3.58. The van der Waals surface area contributed by atoms with Crippen LogP contribution < -0.4 is 0 Å². The van der Waals surface area contributed by atoms with Gasteiger partial charge in [-0.25, -0.2) is 4.98 Å². The molecule has 0 spiro atoms. The van der Waals surface area contributed by atoms with Crippen LogP contribution in [0.3, 0.4) is 0 Å². The van der Waals surface area contributed by atoms with Crippen LogP contribution in [0.25, 0.3) is 22.0 Å². The highest BCUT2D eigenvalue weighted by Gasteiger charge is 2.15. The van der Waals surface area contributed by atoms with Crippen LogP contribution in [-0.2, 0) is 0 Å². The third kappa shape index (κ3) is 3.44. The minimum Gasteiger partial charge on any atom is -0.334 e. The van der Waals surface area contributed by atoms with Gasteiger partial charge in [0, 0.05) is 18.5 Å². The van der Waals surface area contributed by atoms with Crippen molar-refractivity contribution in [1.29, 1.82) is 0 Å². The van der Waals surface area contributed by atoms with E-state index in [1.165, 1.54) is 11.8 Å². The summed E-state index contributed by atoms with van der Waals surface area (Å²) in [7, 11) is 0. The van der Waals surface area contributed by atoms with E-state index in [0.29, 0.717) is 13.1 Å². The summed E-state index contributed by atoms with van der Waals surface area (Å²) >= 11 is 1.20. The maximum absolute atomic E-state index is 12.4. The van der Waals surface area contributed by atoms with Crippen LogP contribution in [0.2, 0.25) is 0 Å². The van der Waals surface area contributed by atoms with Crippen molar-refractivity contribution in [2.24, 2.45) is 0 Å². The molecule has 0 aliphatic rings. The van der Waals surface area contributed by atoms with Gasteiger partial charge < -0.3 is 4.90 Å². The fourth-order valence-electron chi connectivity index (χ4n) is 2.70. The highest BCUT2D eigenvalue weighted by Crippen LogP contribution is 2.32. The number of benzene rings is 2. The molecule has 0 saturated heterocycles. The Bertz CT molecular complexity index is 845. The molecule has 0 N–H and O–H groups in total. The molecule has 3 nitrogen and oxygen atoms in total. The molecule has 0 unspecified atom stereocenters. The van der Waals surface area contributed by atoms with Gasteiger partial charge in [-0.15, -0.1) is 0 Å². The van der Waals surface area contributed by atoms with E-state index in [0.717, 1.165) is 27.1 Å². The molecule has 1 heterocycles. The SMILES string of the molecule is CCN(CC)C(=O)Sc1cc(-c2ccccc2)c2ccccc2n1. The summed E-state index contributed by atoms with van der Waals surface area (Å²) in [6.07, 6.45) is 0. The molecular formula is C20H20N2OS. The van der Waals surface area contributed by atoms with Crippen molar-refractivity contribution in [1.82, 2.24) is 9.88 Å². The lowest BCUT2D eigenvalue weighted by Gasteiger charge is -2.17. The van der Waals surface area contributed by atoms with Gasteiger partial charge in [0.25, 0.3) is 5.24 Å². The number of aromatic nitrogens is 1. The molecule has 0 atom stereocenters. The maximum Gasteiger partial charge on any atom is 0.287 e. The number of para-hydroxylation sites is 1. The van der Waals surface area contributed by atoms with Crippen LogP contribution in [0.5, 0.6) is 0 Å². The minimum absolute atomic E-state index is 0.0433. The molecule has 3 rings (SSSR count). The number of carbonyl (C=O) groups is 1. The lowest BCUT2D eigenvalue weighted by atomic mass is 10.0. The Morgan fingerprint density at radius 3 is 2.38 bits per heavy atom. The van der Waals surface area contributed by atoms with Gasteiger partial charge in [0.05, 0.1) is 5.52 Å². The Morgan fingerprint density at radius 1 is 1.00 bits per heavy atom. The van der Waals surface area contributed by atoms with Crippen LogP contribution in [0, 0.1) is 0 Å². The predicted molar refractivity (Wildman–Crippen MR) is 101 cm³/mol. The monoisotopic (exact) mass is 336 g/mol. The van der Waals surface area contributed by atoms with E-state index in [9.17, 15) is 4.79 Å². The summed E-state index contributed by atoms with van der Waals surface area (Å²) < 4.78 is 0. The molecule has 3 aromatic rings. The van der Waals surface area contributed by atoms with E-state index >= 15 is 0 Å². The average molecular weight is 336 g/mol. The fraction of sp³-hybridized carbons (Fsp3) is 0.200. The van der Waals surface area contributed by atoms with E-state index < -0.39 is 0 Å².